The number of fused-ring (bicyclic) bond motifs is 5. The van der Waals surface area contributed by atoms with Crippen LogP contribution in [0.15, 0.2) is 121 Å². The summed E-state index contributed by atoms with van der Waals surface area (Å²) in [5.74, 6) is -0.839. The maximum Gasteiger partial charge on any atom is 0.346 e. The lowest BCUT2D eigenvalue weighted by Crippen LogP contribution is -2.26. The van der Waals surface area contributed by atoms with Crippen molar-refractivity contribution in [3.63, 3.8) is 0 Å². The Kier molecular flexibility index (Phi) is 6.85. The third kappa shape index (κ3) is 4.79. The van der Waals surface area contributed by atoms with Gasteiger partial charge >= 0.3 is 5.97 Å². The number of carboxylic acids is 1. The van der Waals surface area contributed by atoms with Crippen LogP contribution in [-0.2, 0) is 4.79 Å². The van der Waals surface area contributed by atoms with Gasteiger partial charge in [-0.05, 0) is 82.0 Å². The molecule has 1 heterocycles. The number of nitriles is 1. The Morgan fingerprint density at radius 1 is 0.791 bits per heavy atom. The predicted molar refractivity (Wildman–Crippen MR) is 174 cm³/mol. The molecule has 1 aliphatic carbocycles. The van der Waals surface area contributed by atoms with E-state index in [0.717, 1.165) is 46.8 Å². The summed E-state index contributed by atoms with van der Waals surface area (Å²) in [6.07, 6.45) is 7.13. The van der Waals surface area contributed by atoms with Crippen molar-refractivity contribution in [2.24, 2.45) is 0 Å². The van der Waals surface area contributed by atoms with Gasteiger partial charge in [0.15, 0.2) is 0 Å². The molecule has 2 unspecified atom stereocenters. The Morgan fingerprint density at radius 2 is 1.42 bits per heavy atom. The molecule has 0 amide bonds. The average Bonchev–Trinajstić information content (AvgIpc) is 3.65. The first-order valence-corrected chi connectivity index (χ1v) is 14.7. The zero-order chi connectivity index (χ0) is 29.3. The summed E-state index contributed by atoms with van der Waals surface area (Å²) in [5, 5.41) is 21.0. The minimum absolute atomic E-state index is 0.253. The molecule has 5 aromatic carbocycles. The lowest BCUT2D eigenvalue weighted by atomic mass is 9.91. The van der Waals surface area contributed by atoms with E-state index in [1.54, 1.807) is 0 Å². The van der Waals surface area contributed by atoms with Gasteiger partial charge in [-0.15, -0.1) is 0 Å². The predicted octanol–water partition coefficient (Wildman–Crippen LogP) is 9.21. The Bertz CT molecular complexity index is 1890. The van der Waals surface area contributed by atoms with E-state index >= 15 is 0 Å². The van der Waals surface area contributed by atoms with Gasteiger partial charge in [-0.25, -0.2) is 4.79 Å². The van der Waals surface area contributed by atoms with Crippen molar-refractivity contribution in [2.75, 3.05) is 4.90 Å². The van der Waals surface area contributed by atoms with E-state index in [1.165, 1.54) is 34.0 Å². The Morgan fingerprint density at radius 3 is 2.05 bits per heavy atom. The fourth-order valence-electron chi connectivity index (χ4n) is 6.94. The molecule has 1 N–H and O–H groups in total. The van der Waals surface area contributed by atoms with Gasteiger partial charge in [0.25, 0.3) is 0 Å². The molecule has 7 rings (SSSR count). The van der Waals surface area contributed by atoms with Crippen LogP contribution in [0.3, 0.4) is 0 Å². The van der Waals surface area contributed by atoms with E-state index in [0.29, 0.717) is 12.0 Å². The van der Waals surface area contributed by atoms with Crippen molar-refractivity contribution in [3.05, 3.63) is 149 Å². The van der Waals surface area contributed by atoms with Crippen molar-refractivity contribution < 1.29 is 9.90 Å². The molecule has 0 saturated heterocycles. The molecule has 43 heavy (non-hydrogen) atoms. The topological polar surface area (TPSA) is 64.3 Å². The average molecular weight is 559 g/mol. The highest BCUT2D eigenvalue weighted by atomic mass is 16.4. The first-order valence-electron chi connectivity index (χ1n) is 14.7. The standard InChI is InChI=1S/C39H30N2O2/c40-25-30(39(42)43)23-29-24-36-33-16-9-17-37(33)41(38(36)34-15-8-7-14-32(29)34)31-20-18-26(19-21-31)22-35(27-10-3-1-4-11-27)28-12-5-2-6-13-28/h1-8,10-15,18-24,33,37H,9,16-17H2,(H,42,43)/b30-23+. The van der Waals surface area contributed by atoms with Gasteiger partial charge in [0.2, 0.25) is 0 Å². The Labute approximate surface area is 251 Å². The normalized spacial score (nSPS) is 17.3. The van der Waals surface area contributed by atoms with Crippen LogP contribution < -0.4 is 4.90 Å². The molecule has 4 nitrogen and oxygen atoms in total. The minimum atomic E-state index is -1.20. The maximum absolute atomic E-state index is 11.7. The van der Waals surface area contributed by atoms with E-state index in [9.17, 15) is 15.2 Å². The monoisotopic (exact) mass is 558 g/mol. The Balaban J connectivity index is 1.33. The second-order valence-electron chi connectivity index (χ2n) is 11.3. The largest absolute Gasteiger partial charge is 0.477 e. The number of anilines is 2. The first kappa shape index (κ1) is 26.5. The van der Waals surface area contributed by atoms with Crippen LogP contribution in [-0.4, -0.2) is 17.1 Å². The molecule has 0 bridgehead atoms. The number of benzene rings is 5. The number of hydrogen-bond acceptors (Lipinski definition) is 3. The molecule has 0 radical (unpaired) electrons. The van der Waals surface area contributed by atoms with Gasteiger partial charge in [-0.3, -0.25) is 0 Å². The lowest BCUT2D eigenvalue weighted by Gasteiger charge is -2.28. The molecule has 2 atom stereocenters. The van der Waals surface area contributed by atoms with Crippen LogP contribution >= 0.6 is 0 Å². The molecule has 0 spiro atoms. The summed E-state index contributed by atoms with van der Waals surface area (Å²) < 4.78 is 0. The zero-order valence-corrected chi connectivity index (χ0v) is 23.7. The van der Waals surface area contributed by atoms with Gasteiger partial charge in [-0.2, -0.15) is 5.26 Å². The molecule has 1 aliphatic heterocycles. The van der Waals surface area contributed by atoms with Gasteiger partial charge < -0.3 is 10.0 Å². The number of carboxylic acid groups (broad SMARTS) is 1. The van der Waals surface area contributed by atoms with E-state index < -0.39 is 5.97 Å². The molecular weight excluding hydrogens is 528 g/mol. The molecule has 5 aromatic rings. The van der Waals surface area contributed by atoms with Gasteiger partial charge in [0, 0.05) is 23.0 Å². The van der Waals surface area contributed by atoms with E-state index in [1.807, 2.05) is 36.4 Å². The van der Waals surface area contributed by atoms with Gasteiger partial charge in [0.1, 0.15) is 11.6 Å². The lowest BCUT2D eigenvalue weighted by molar-refractivity contribution is -0.132. The van der Waals surface area contributed by atoms with Gasteiger partial charge in [-0.1, -0.05) is 103 Å². The number of aliphatic carboxylic acids is 1. The SMILES string of the molecule is N#C/C(=C\c1cc2c(c3ccccc13)N(c1ccc(C=C(c3ccccc3)c3ccccc3)cc1)C1CCCC21)C(=O)O. The highest BCUT2D eigenvalue weighted by Crippen LogP contribution is 2.55. The zero-order valence-electron chi connectivity index (χ0n) is 23.7. The summed E-state index contributed by atoms with van der Waals surface area (Å²) in [5.41, 5.74) is 8.82. The molecule has 1 saturated carbocycles. The fraction of sp³-hybridized carbons (Fsp3) is 0.128. The van der Waals surface area contributed by atoms with Crippen molar-refractivity contribution in [1.29, 1.82) is 5.26 Å². The third-order valence-corrected chi connectivity index (χ3v) is 8.83. The van der Waals surface area contributed by atoms with Crippen LogP contribution in [0.2, 0.25) is 0 Å². The smallest absolute Gasteiger partial charge is 0.346 e. The summed E-state index contributed by atoms with van der Waals surface area (Å²) in [4.78, 5) is 14.2. The fourth-order valence-corrected chi connectivity index (χ4v) is 6.94. The van der Waals surface area contributed by atoms with Crippen molar-refractivity contribution in [3.8, 4) is 6.07 Å². The quantitative estimate of drug-likeness (QED) is 0.128. The van der Waals surface area contributed by atoms with Crippen LogP contribution in [0.5, 0.6) is 0 Å². The summed E-state index contributed by atoms with van der Waals surface area (Å²) in [6.45, 7) is 0. The van der Waals surface area contributed by atoms with E-state index in [-0.39, 0.29) is 5.57 Å². The number of nitrogens with zero attached hydrogens (tertiary/aromatic N) is 2. The summed E-state index contributed by atoms with van der Waals surface area (Å²) in [6, 6.07) is 42.3. The van der Waals surface area contributed by atoms with Crippen molar-refractivity contribution >= 4 is 45.8 Å². The maximum atomic E-state index is 11.7. The second kappa shape index (κ2) is 11.1. The number of rotatable bonds is 6. The first-order chi connectivity index (χ1) is 21.1. The third-order valence-electron chi connectivity index (χ3n) is 8.83. The summed E-state index contributed by atoms with van der Waals surface area (Å²) in [7, 11) is 0. The van der Waals surface area contributed by atoms with E-state index in [2.05, 4.69) is 95.9 Å². The molecule has 208 valence electrons. The van der Waals surface area contributed by atoms with Crippen LogP contribution in [0, 0.1) is 11.3 Å². The minimum Gasteiger partial charge on any atom is -0.477 e. The highest BCUT2D eigenvalue weighted by Gasteiger charge is 2.43. The second-order valence-corrected chi connectivity index (χ2v) is 11.3. The summed E-state index contributed by atoms with van der Waals surface area (Å²) >= 11 is 0. The number of carbonyl (C=O) groups is 1. The van der Waals surface area contributed by atoms with Crippen molar-refractivity contribution in [1.82, 2.24) is 0 Å². The molecule has 4 heteroatoms. The van der Waals surface area contributed by atoms with Crippen LogP contribution in [0.4, 0.5) is 11.4 Å². The van der Waals surface area contributed by atoms with E-state index in [4.69, 9.17) is 0 Å². The highest BCUT2D eigenvalue weighted by molar-refractivity contribution is 6.06. The van der Waals surface area contributed by atoms with Crippen LogP contribution in [0.1, 0.15) is 53.0 Å². The van der Waals surface area contributed by atoms with Gasteiger partial charge in [0.05, 0.1) is 5.69 Å². The van der Waals surface area contributed by atoms with Crippen LogP contribution in [0.25, 0.3) is 28.5 Å². The van der Waals surface area contributed by atoms with Crippen molar-refractivity contribution in [2.45, 2.75) is 31.2 Å². The molecule has 0 aromatic heterocycles. The Hall–Kier alpha value is -5.40. The molecule has 1 fully saturated rings. The molecule has 2 aliphatic rings. The number of hydrogen-bond donors (Lipinski definition) is 1. The molecular formula is C39H30N2O2.